The van der Waals surface area contributed by atoms with Gasteiger partial charge in [-0.05, 0) is 6.92 Å². The second kappa shape index (κ2) is 6.85. The Kier molecular flexibility index (Phi) is 5.12. The van der Waals surface area contributed by atoms with Gasteiger partial charge in [-0.3, -0.25) is 0 Å². The highest BCUT2D eigenvalue weighted by molar-refractivity contribution is 7.09. The van der Waals surface area contributed by atoms with Crippen LogP contribution in [0, 0.1) is 6.92 Å². The third-order valence-corrected chi connectivity index (χ3v) is 4.37. The van der Waals surface area contributed by atoms with Crippen LogP contribution >= 0.6 is 11.3 Å². The molecule has 2 N–H and O–H groups in total. The molecule has 114 valence electrons. The zero-order chi connectivity index (χ0) is 15.4. The zero-order valence-corrected chi connectivity index (χ0v) is 14.1. The van der Waals surface area contributed by atoms with E-state index in [0.717, 1.165) is 34.6 Å². The standard InChI is InChI=1S/C15H23N5S/c1-9(2)12-19-13(16-5)11(4)14(20-12)18-8-10(3)15-17-6-7-21-15/h6-7,9-10H,8H2,1-5H3,(H2,16,18,19,20). The SMILES string of the molecule is CNc1nc(C(C)C)nc(NCC(C)c2nccs2)c1C. The van der Waals surface area contributed by atoms with E-state index in [2.05, 4.69) is 46.4 Å². The average molecular weight is 305 g/mol. The Balaban J connectivity index is 2.17. The van der Waals surface area contributed by atoms with Gasteiger partial charge in [-0.15, -0.1) is 11.3 Å². The molecule has 0 radical (unpaired) electrons. The molecule has 21 heavy (non-hydrogen) atoms. The Morgan fingerprint density at radius 2 is 1.90 bits per heavy atom. The minimum absolute atomic E-state index is 0.301. The van der Waals surface area contributed by atoms with E-state index >= 15 is 0 Å². The van der Waals surface area contributed by atoms with Crippen LogP contribution in [0.25, 0.3) is 0 Å². The van der Waals surface area contributed by atoms with Crippen molar-refractivity contribution >= 4 is 23.0 Å². The number of anilines is 2. The minimum Gasteiger partial charge on any atom is -0.373 e. The summed E-state index contributed by atoms with van der Waals surface area (Å²) in [5, 5.41) is 9.75. The summed E-state index contributed by atoms with van der Waals surface area (Å²) in [6.45, 7) is 9.22. The fourth-order valence-electron chi connectivity index (χ4n) is 2.02. The first-order valence-corrected chi connectivity index (χ1v) is 8.10. The smallest absolute Gasteiger partial charge is 0.135 e. The van der Waals surface area contributed by atoms with Gasteiger partial charge in [0.15, 0.2) is 0 Å². The van der Waals surface area contributed by atoms with Gasteiger partial charge in [-0.2, -0.15) is 0 Å². The van der Waals surface area contributed by atoms with E-state index in [9.17, 15) is 0 Å². The number of nitrogens with one attached hydrogen (secondary N) is 2. The van der Waals surface area contributed by atoms with Crippen LogP contribution in [-0.2, 0) is 0 Å². The second-order valence-corrected chi connectivity index (χ2v) is 6.39. The summed E-state index contributed by atoms with van der Waals surface area (Å²) in [6, 6.07) is 0. The number of nitrogens with zero attached hydrogens (tertiary/aromatic N) is 3. The fraction of sp³-hybridized carbons (Fsp3) is 0.533. The highest BCUT2D eigenvalue weighted by Crippen LogP contribution is 2.24. The molecule has 0 saturated heterocycles. The summed E-state index contributed by atoms with van der Waals surface area (Å²) >= 11 is 1.69. The van der Waals surface area contributed by atoms with Crippen molar-refractivity contribution in [3.05, 3.63) is 28.0 Å². The van der Waals surface area contributed by atoms with Crippen LogP contribution in [0.1, 0.15) is 49.0 Å². The monoisotopic (exact) mass is 305 g/mol. The number of hydrogen-bond donors (Lipinski definition) is 2. The summed E-state index contributed by atoms with van der Waals surface area (Å²) in [4.78, 5) is 13.6. The van der Waals surface area contributed by atoms with E-state index in [1.807, 2.05) is 25.5 Å². The molecule has 2 aromatic heterocycles. The number of aromatic nitrogens is 3. The quantitative estimate of drug-likeness (QED) is 0.853. The van der Waals surface area contributed by atoms with E-state index in [4.69, 9.17) is 0 Å². The predicted octanol–water partition coefficient (Wildman–Crippen LogP) is 3.62. The van der Waals surface area contributed by atoms with Crippen LogP contribution in [0.15, 0.2) is 11.6 Å². The molecule has 0 fully saturated rings. The van der Waals surface area contributed by atoms with Crippen molar-refractivity contribution in [3.8, 4) is 0 Å². The van der Waals surface area contributed by atoms with Crippen molar-refractivity contribution in [1.82, 2.24) is 15.0 Å². The normalized spacial score (nSPS) is 12.5. The second-order valence-electron chi connectivity index (χ2n) is 5.46. The molecule has 0 aliphatic heterocycles. The van der Waals surface area contributed by atoms with Crippen molar-refractivity contribution in [2.45, 2.75) is 39.5 Å². The summed E-state index contributed by atoms with van der Waals surface area (Å²) in [5.74, 6) is 3.31. The van der Waals surface area contributed by atoms with Crippen molar-refractivity contribution in [2.24, 2.45) is 0 Å². The number of rotatable bonds is 6. The first-order valence-electron chi connectivity index (χ1n) is 7.22. The van der Waals surface area contributed by atoms with Crippen molar-refractivity contribution in [2.75, 3.05) is 24.2 Å². The highest BCUT2D eigenvalue weighted by atomic mass is 32.1. The first-order chi connectivity index (χ1) is 10.0. The molecule has 1 unspecified atom stereocenters. The number of thiazole rings is 1. The molecular formula is C15H23N5S. The maximum atomic E-state index is 4.65. The molecule has 2 aromatic rings. The third kappa shape index (κ3) is 3.69. The van der Waals surface area contributed by atoms with Crippen LogP contribution in [0.3, 0.4) is 0 Å². The lowest BCUT2D eigenvalue weighted by molar-refractivity contribution is 0.761. The maximum Gasteiger partial charge on any atom is 0.135 e. The van der Waals surface area contributed by atoms with Crippen LogP contribution in [0.4, 0.5) is 11.6 Å². The molecule has 0 aromatic carbocycles. The highest BCUT2D eigenvalue weighted by Gasteiger charge is 2.14. The van der Waals surface area contributed by atoms with Crippen LogP contribution in [0.2, 0.25) is 0 Å². The van der Waals surface area contributed by atoms with Gasteiger partial charge in [-0.25, -0.2) is 15.0 Å². The maximum absolute atomic E-state index is 4.65. The number of hydrogen-bond acceptors (Lipinski definition) is 6. The Morgan fingerprint density at radius 1 is 1.19 bits per heavy atom. The molecule has 0 aliphatic rings. The molecule has 0 aliphatic carbocycles. The van der Waals surface area contributed by atoms with Gasteiger partial charge < -0.3 is 10.6 Å². The molecule has 0 saturated carbocycles. The van der Waals surface area contributed by atoms with Crippen molar-refractivity contribution in [3.63, 3.8) is 0 Å². The van der Waals surface area contributed by atoms with E-state index in [-0.39, 0.29) is 0 Å². The van der Waals surface area contributed by atoms with E-state index in [1.165, 1.54) is 0 Å². The zero-order valence-electron chi connectivity index (χ0n) is 13.3. The Bertz CT molecular complexity index is 580. The summed E-state index contributed by atoms with van der Waals surface area (Å²) in [5.41, 5.74) is 1.05. The van der Waals surface area contributed by atoms with E-state index in [1.54, 1.807) is 11.3 Å². The summed E-state index contributed by atoms with van der Waals surface area (Å²) in [7, 11) is 1.89. The Hall–Kier alpha value is -1.69. The van der Waals surface area contributed by atoms with Gasteiger partial charge in [0.1, 0.15) is 17.5 Å². The van der Waals surface area contributed by atoms with E-state index in [0.29, 0.717) is 11.8 Å². The van der Waals surface area contributed by atoms with Gasteiger partial charge in [0.05, 0.1) is 5.01 Å². The summed E-state index contributed by atoms with van der Waals surface area (Å²) < 4.78 is 0. The van der Waals surface area contributed by atoms with Crippen molar-refractivity contribution in [1.29, 1.82) is 0 Å². The average Bonchev–Trinajstić information content (AvgIpc) is 2.99. The molecule has 0 spiro atoms. The van der Waals surface area contributed by atoms with Crippen LogP contribution < -0.4 is 10.6 Å². The summed E-state index contributed by atoms with van der Waals surface area (Å²) in [6.07, 6.45) is 1.85. The largest absolute Gasteiger partial charge is 0.373 e. The van der Waals surface area contributed by atoms with Gasteiger partial charge >= 0.3 is 0 Å². The molecular weight excluding hydrogens is 282 g/mol. The molecule has 2 heterocycles. The lowest BCUT2D eigenvalue weighted by Gasteiger charge is -2.16. The predicted molar refractivity (Wildman–Crippen MR) is 89.4 cm³/mol. The topological polar surface area (TPSA) is 62.7 Å². The minimum atomic E-state index is 0.301. The first kappa shape index (κ1) is 15.7. The lowest BCUT2D eigenvalue weighted by atomic mass is 10.1. The molecule has 6 heteroatoms. The van der Waals surface area contributed by atoms with Crippen LogP contribution in [0.5, 0.6) is 0 Å². The van der Waals surface area contributed by atoms with E-state index < -0.39 is 0 Å². The molecule has 0 bridgehead atoms. The van der Waals surface area contributed by atoms with Gasteiger partial charge in [0.2, 0.25) is 0 Å². The third-order valence-electron chi connectivity index (χ3n) is 3.37. The molecule has 1 atom stereocenters. The van der Waals surface area contributed by atoms with Gasteiger partial charge in [0, 0.05) is 42.6 Å². The van der Waals surface area contributed by atoms with Gasteiger partial charge in [-0.1, -0.05) is 20.8 Å². The van der Waals surface area contributed by atoms with Crippen molar-refractivity contribution < 1.29 is 0 Å². The molecule has 5 nitrogen and oxygen atoms in total. The van der Waals surface area contributed by atoms with Gasteiger partial charge in [0.25, 0.3) is 0 Å². The fourth-order valence-corrected chi connectivity index (χ4v) is 2.72. The molecule has 0 amide bonds. The van der Waals surface area contributed by atoms with Crippen LogP contribution in [-0.4, -0.2) is 28.5 Å². The Morgan fingerprint density at radius 3 is 2.48 bits per heavy atom. The molecule has 2 rings (SSSR count). The lowest BCUT2D eigenvalue weighted by Crippen LogP contribution is -2.14. The Labute approximate surface area is 130 Å².